The second kappa shape index (κ2) is 9.15. The fourth-order valence-corrected chi connectivity index (χ4v) is 1.52. The molecular formula is C10H19N5O5S. The average Bonchev–Trinajstić information content (AvgIpc) is 2.41. The van der Waals surface area contributed by atoms with Crippen molar-refractivity contribution in [2.45, 2.75) is 24.5 Å². The lowest BCUT2D eigenvalue weighted by atomic mass is 10.1. The predicted molar refractivity (Wildman–Crippen MR) is 76.2 cm³/mol. The Morgan fingerprint density at radius 3 is 2.00 bits per heavy atom. The van der Waals surface area contributed by atoms with Crippen molar-refractivity contribution in [2.75, 3.05) is 12.3 Å². The van der Waals surface area contributed by atoms with Gasteiger partial charge in [-0.15, -0.1) is 0 Å². The molecule has 0 saturated heterocycles. The number of nitrogens with two attached hydrogens (primary N) is 3. The van der Waals surface area contributed by atoms with E-state index < -0.39 is 48.2 Å². The Morgan fingerprint density at radius 1 is 1.10 bits per heavy atom. The van der Waals surface area contributed by atoms with E-state index in [-0.39, 0.29) is 12.3 Å². The van der Waals surface area contributed by atoms with Crippen LogP contribution < -0.4 is 27.8 Å². The van der Waals surface area contributed by atoms with Crippen LogP contribution in [0, 0.1) is 0 Å². The lowest BCUT2D eigenvalue weighted by molar-refractivity contribution is -0.141. The zero-order valence-corrected chi connectivity index (χ0v) is 12.0. The molecule has 0 aliphatic rings. The standard InChI is InChI=1S/C10H19N5O5S/c11-2-4(12)9(19)14-5(1-7(16)17)10(20)15-6(3-21)8(13)18/h4-6,21H,1-3,11-12H2,(H2,13,18)(H,14,19)(H,15,20)(H,16,17)/t4-,5-,6-/m0/s1. The average molecular weight is 321 g/mol. The molecule has 0 aliphatic heterocycles. The summed E-state index contributed by atoms with van der Waals surface area (Å²) < 4.78 is 0. The van der Waals surface area contributed by atoms with Gasteiger partial charge >= 0.3 is 5.97 Å². The molecule has 0 aromatic carbocycles. The summed E-state index contributed by atoms with van der Waals surface area (Å²) in [6.07, 6.45) is -0.688. The first-order valence-corrected chi connectivity index (χ1v) is 6.54. The van der Waals surface area contributed by atoms with Gasteiger partial charge in [-0.25, -0.2) is 0 Å². The molecule has 0 radical (unpaired) electrons. The van der Waals surface area contributed by atoms with E-state index >= 15 is 0 Å². The van der Waals surface area contributed by atoms with Crippen LogP contribution in [0.2, 0.25) is 0 Å². The van der Waals surface area contributed by atoms with Crippen molar-refractivity contribution in [3.05, 3.63) is 0 Å². The zero-order chi connectivity index (χ0) is 16.6. The molecule has 0 heterocycles. The number of carboxylic acids is 1. The van der Waals surface area contributed by atoms with Gasteiger partial charge in [0.05, 0.1) is 12.5 Å². The molecule has 0 unspecified atom stereocenters. The maximum absolute atomic E-state index is 11.9. The van der Waals surface area contributed by atoms with Gasteiger partial charge in [0.2, 0.25) is 17.7 Å². The number of thiol groups is 1. The van der Waals surface area contributed by atoms with Crippen LogP contribution in [-0.2, 0) is 19.2 Å². The Morgan fingerprint density at radius 2 is 1.62 bits per heavy atom. The maximum atomic E-state index is 11.9. The van der Waals surface area contributed by atoms with Crippen LogP contribution in [0.3, 0.4) is 0 Å². The van der Waals surface area contributed by atoms with Crippen LogP contribution in [0.25, 0.3) is 0 Å². The molecule has 21 heavy (non-hydrogen) atoms. The highest BCUT2D eigenvalue weighted by Gasteiger charge is 2.28. The summed E-state index contributed by atoms with van der Waals surface area (Å²) in [6, 6.07) is -3.57. The van der Waals surface area contributed by atoms with Gasteiger partial charge in [-0.1, -0.05) is 0 Å². The number of hydrogen-bond acceptors (Lipinski definition) is 7. The SMILES string of the molecule is NC[C@H](N)C(=O)N[C@@H](CC(=O)O)C(=O)N[C@@H](CS)C(N)=O. The first-order valence-electron chi connectivity index (χ1n) is 5.91. The Kier molecular flexibility index (Phi) is 8.35. The van der Waals surface area contributed by atoms with E-state index in [9.17, 15) is 19.2 Å². The molecular weight excluding hydrogens is 302 g/mol. The number of hydrogen-bond donors (Lipinski definition) is 7. The summed E-state index contributed by atoms with van der Waals surface area (Å²) in [5.41, 5.74) is 15.6. The number of carbonyl (C=O) groups excluding carboxylic acids is 3. The lowest BCUT2D eigenvalue weighted by Crippen LogP contribution is -2.57. The lowest BCUT2D eigenvalue weighted by Gasteiger charge is -2.21. The van der Waals surface area contributed by atoms with Gasteiger partial charge in [0.15, 0.2) is 0 Å². The van der Waals surface area contributed by atoms with Crippen molar-refractivity contribution in [3.63, 3.8) is 0 Å². The third kappa shape index (κ3) is 6.92. The molecule has 3 amide bonds. The molecule has 0 saturated carbocycles. The molecule has 0 aromatic heterocycles. The number of nitrogens with one attached hydrogen (secondary N) is 2. The summed E-state index contributed by atoms with van der Waals surface area (Å²) in [4.78, 5) is 45.2. The largest absolute Gasteiger partial charge is 0.481 e. The van der Waals surface area contributed by atoms with Crippen molar-refractivity contribution in [2.24, 2.45) is 17.2 Å². The van der Waals surface area contributed by atoms with E-state index in [1.807, 2.05) is 0 Å². The van der Waals surface area contributed by atoms with Gasteiger partial charge in [0.1, 0.15) is 12.1 Å². The second-order valence-corrected chi connectivity index (χ2v) is 4.51. The smallest absolute Gasteiger partial charge is 0.305 e. The van der Waals surface area contributed by atoms with E-state index in [0.717, 1.165) is 0 Å². The maximum Gasteiger partial charge on any atom is 0.305 e. The van der Waals surface area contributed by atoms with Crippen LogP contribution >= 0.6 is 12.6 Å². The number of aliphatic carboxylic acids is 1. The minimum absolute atomic E-state index is 0.0723. The van der Waals surface area contributed by atoms with Gasteiger partial charge in [0.25, 0.3) is 0 Å². The quantitative estimate of drug-likeness (QED) is 0.211. The summed E-state index contributed by atoms with van der Waals surface area (Å²) in [7, 11) is 0. The van der Waals surface area contributed by atoms with E-state index in [2.05, 4.69) is 23.3 Å². The Balaban J connectivity index is 4.88. The highest BCUT2D eigenvalue weighted by atomic mass is 32.1. The molecule has 0 rings (SSSR count). The van der Waals surface area contributed by atoms with Crippen molar-refractivity contribution < 1.29 is 24.3 Å². The van der Waals surface area contributed by atoms with E-state index in [1.165, 1.54) is 0 Å². The molecule has 10 nitrogen and oxygen atoms in total. The van der Waals surface area contributed by atoms with Gasteiger partial charge in [-0.3, -0.25) is 19.2 Å². The van der Waals surface area contributed by atoms with Gasteiger partial charge in [-0.2, -0.15) is 12.6 Å². The molecule has 120 valence electrons. The van der Waals surface area contributed by atoms with E-state index in [0.29, 0.717) is 0 Å². The topological polar surface area (TPSA) is 191 Å². The zero-order valence-electron chi connectivity index (χ0n) is 11.1. The molecule has 0 fully saturated rings. The summed E-state index contributed by atoms with van der Waals surface area (Å²) >= 11 is 3.83. The summed E-state index contributed by atoms with van der Waals surface area (Å²) in [5.74, 6) is -3.89. The number of primary amides is 1. The Labute approximate surface area is 126 Å². The molecule has 0 aromatic rings. The minimum atomic E-state index is -1.41. The predicted octanol–water partition coefficient (Wildman–Crippen LogP) is -3.87. The summed E-state index contributed by atoms with van der Waals surface area (Å²) in [5, 5.41) is 13.1. The first-order chi connectivity index (χ1) is 9.72. The fourth-order valence-electron chi connectivity index (χ4n) is 1.25. The van der Waals surface area contributed by atoms with Crippen LogP contribution in [0.4, 0.5) is 0 Å². The molecule has 0 aliphatic carbocycles. The van der Waals surface area contributed by atoms with Crippen LogP contribution in [0.1, 0.15) is 6.42 Å². The van der Waals surface area contributed by atoms with Crippen LogP contribution in [0.5, 0.6) is 0 Å². The fraction of sp³-hybridized carbons (Fsp3) is 0.600. The molecule has 0 bridgehead atoms. The third-order valence-corrected chi connectivity index (χ3v) is 2.81. The van der Waals surface area contributed by atoms with Gasteiger partial charge < -0.3 is 32.9 Å². The normalized spacial score (nSPS) is 14.6. The first kappa shape index (κ1) is 19.1. The molecule has 3 atom stereocenters. The molecule has 0 spiro atoms. The minimum Gasteiger partial charge on any atom is -0.481 e. The summed E-state index contributed by atoms with van der Waals surface area (Å²) in [6.45, 7) is -0.173. The van der Waals surface area contributed by atoms with Crippen molar-refractivity contribution >= 4 is 36.3 Å². The van der Waals surface area contributed by atoms with Crippen molar-refractivity contribution in [1.82, 2.24) is 10.6 Å². The van der Waals surface area contributed by atoms with Crippen LogP contribution in [0.15, 0.2) is 0 Å². The van der Waals surface area contributed by atoms with Crippen molar-refractivity contribution in [3.8, 4) is 0 Å². The van der Waals surface area contributed by atoms with Crippen molar-refractivity contribution in [1.29, 1.82) is 0 Å². The third-order valence-electron chi connectivity index (χ3n) is 2.44. The highest BCUT2D eigenvalue weighted by molar-refractivity contribution is 7.80. The molecule has 11 heteroatoms. The number of rotatable bonds is 9. The van der Waals surface area contributed by atoms with E-state index in [4.69, 9.17) is 22.3 Å². The highest BCUT2D eigenvalue weighted by Crippen LogP contribution is 1.97. The number of amides is 3. The second-order valence-electron chi connectivity index (χ2n) is 4.15. The van der Waals surface area contributed by atoms with E-state index in [1.54, 1.807) is 0 Å². The number of carbonyl (C=O) groups is 4. The monoisotopic (exact) mass is 321 g/mol. The molecule has 9 N–H and O–H groups in total. The Hall–Kier alpha value is -1.85. The van der Waals surface area contributed by atoms with Gasteiger partial charge in [0, 0.05) is 12.3 Å². The Bertz CT molecular complexity index is 419. The number of carboxylic acid groups (broad SMARTS) is 1. The van der Waals surface area contributed by atoms with Crippen LogP contribution in [-0.4, -0.2) is 59.2 Å². The van der Waals surface area contributed by atoms with Gasteiger partial charge in [-0.05, 0) is 0 Å².